The Bertz CT molecular complexity index is 1910. The van der Waals surface area contributed by atoms with Gasteiger partial charge in [-0.25, -0.2) is 23.2 Å². The standard InChI is InChI=1S/C34H43N7O8S/c1-6-47-28(42)14-10-19-48-27-20-23(15-16-26(27)40-50(45,46)24-12-8-7-9-13-24)36-21-25-29-30(37-22-38-31(29)39-32(25)43)35-17-11-18-41(5)33(44)49-34(2,3)4/h7-9,12-13,15-16,20-22,40,43H,6,10-11,14,17-19H2,1-5H3,(H2,35,37,38,39). The fourth-order valence-corrected chi connectivity index (χ4v) is 5.71. The number of benzene rings is 2. The molecule has 50 heavy (non-hydrogen) atoms. The van der Waals surface area contributed by atoms with E-state index in [-0.39, 0.29) is 47.8 Å². The number of rotatable bonds is 16. The number of carbonyl (C=O) groups is 2. The van der Waals surface area contributed by atoms with Crippen LogP contribution in [0.5, 0.6) is 11.6 Å². The van der Waals surface area contributed by atoms with Crippen molar-refractivity contribution in [3.8, 4) is 11.6 Å². The zero-order chi connectivity index (χ0) is 36.3. The molecule has 2 aromatic heterocycles. The highest BCUT2D eigenvalue weighted by atomic mass is 32.2. The number of nitrogens with one attached hydrogen (secondary N) is 3. The normalized spacial score (nSPS) is 11.8. The summed E-state index contributed by atoms with van der Waals surface area (Å²) in [7, 11) is -2.27. The SMILES string of the molecule is CCOC(=O)CCCOc1cc(N=Cc2c(O)[nH]c3ncnc(NCCCN(C)C(=O)OC(C)(C)C)c23)ccc1NS(=O)(=O)c1ccccc1. The molecule has 15 nitrogen and oxygen atoms in total. The highest BCUT2D eigenvalue weighted by molar-refractivity contribution is 7.92. The van der Waals surface area contributed by atoms with Gasteiger partial charge in [0, 0.05) is 38.8 Å². The number of aromatic nitrogens is 3. The largest absolute Gasteiger partial charge is 0.494 e. The molecular formula is C34H43N7O8S. The molecule has 2 heterocycles. The number of nitrogens with zero attached hydrogens (tertiary/aromatic N) is 4. The molecule has 0 saturated carbocycles. The molecule has 4 rings (SSSR count). The molecule has 268 valence electrons. The van der Waals surface area contributed by atoms with Gasteiger partial charge in [-0.3, -0.25) is 14.5 Å². The Labute approximate surface area is 291 Å². The molecule has 0 unspecified atom stereocenters. The number of hydrogen-bond acceptors (Lipinski definition) is 12. The Hall–Kier alpha value is -5.38. The number of aliphatic imine (C=N–C) groups is 1. The number of aromatic hydroxyl groups is 1. The van der Waals surface area contributed by atoms with E-state index in [0.29, 0.717) is 54.0 Å². The van der Waals surface area contributed by atoms with Crippen molar-refractivity contribution in [1.82, 2.24) is 19.9 Å². The summed E-state index contributed by atoms with van der Waals surface area (Å²) in [6.07, 6.45) is 3.44. The van der Waals surface area contributed by atoms with Gasteiger partial charge in [-0.15, -0.1) is 0 Å². The number of anilines is 2. The average Bonchev–Trinajstić information content (AvgIpc) is 3.39. The Morgan fingerprint density at radius 3 is 2.58 bits per heavy atom. The molecule has 0 aliphatic rings. The summed E-state index contributed by atoms with van der Waals surface area (Å²) in [6.45, 7) is 8.42. The van der Waals surface area contributed by atoms with Crippen molar-refractivity contribution in [3.63, 3.8) is 0 Å². The first-order chi connectivity index (χ1) is 23.8. The Morgan fingerprint density at radius 1 is 1.10 bits per heavy atom. The number of fused-ring (bicyclic) bond motifs is 1. The topological polar surface area (TPSA) is 197 Å². The van der Waals surface area contributed by atoms with Crippen molar-refractivity contribution >= 4 is 56.5 Å². The molecule has 0 aliphatic carbocycles. The second-order valence-corrected chi connectivity index (χ2v) is 13.8. The van der Waals surface area contributed by atoms with E-state index in [1.807, 2.05) is 20.8 Å². The first kappa shape index (κ1) is 37.4. The van der Waals surface area contributed by atoms with Gasteiger partial charge in [0.1, 0.15) is 29.1 Å². The molecule has 4 aromatic rings. The summed E-state index contributed by atoms with van der Waals surface area (Å²) < 4.78 is 45.0. The summed E-state index contributed by atoms with van der Waals surface area (Å²) in [4.78, 5) is 41.6. The number of ether oxygens (including phenoxy) is 3. The maximum Gasteiger partial charge on any atom is 0.410 e. The minimum absolute atomic E-state index is 0.0758. The van der Waals surface area contributed by atoms with Crippen molar-refractivity contribution in [1.29, 1.82) is 0 Å². The van der Waals surface area contributed by atoms with Crippen LogP contribution in [0.4, 0.5) is 22.0 Å². The number of sulfonamides is 1. The first-order valence-corrected chi connectivity index (χ1v) is 17.5. The van der Waals surface area contributed by atoms with Crippen LogP contribution in [0, 0.1) is 0 Å². The fraction of sp³-hybridized carbons (Fsp3) is 0.382. The molecule has 4 N–H and O–H groups in total. The van der Waals surface area contributed by atoms with Crippen molar-refractivity contribution in [2.75, 3.05) is 43.4 Å². The fourth-order valence-electron chi connectivity index (χ4n) is 4.62. The summed E-state index contributed by atoms with van der Waals surface area (Å²) in [5.74, 6) is 0.0982. The lowest BCUT2D eigenvalue weighted by atomic mass is 10.2. The highest BCUT2D eigenvalue weighted by Crippen LogP contribution is 2.33. The van der Waals surface area contributed by atoms with E-state index < -0.39 is 21.7 Å². The molecule has 16 heteroatoms. The van der Waals surface area contributed by atoms with E-state index >= 15 is 0 Å². The quantitative estimate of drug-likeness (QED) is 0.0641. The number of aromatic amines is 1. The van der Waals surface area contributed by atoms with E-state index in [9.17, 15) is 23.1 Å². The van der Waals surface area contributed by atoms with Crippen molar-refractivity contribution < 1.29 is 37.3 Å². The molecule has 0 atom stereocenters. The van der Waals surface area contributed by atoms with Gasteiger partial charge in [-0.05, 0) is 64.8 Å². The van der Waals surface area contributed by atoms with Crippen LogP contribution in [-0.2, 0) is 24.3 Å². The van der Waals surface area contributed by atoms with Crippen molar-refractivity contribution in [3.05, 3.63) is 60.4 Å². The summed E-state index contributed by atoms with van der Waals surface area (Å²) in [5, 5.41) is 14.5. The average molecular weight is 710 g/mol. The van der Waals surface area contributed by atoms with Crippen LogP contribution in [0.2, 0.25) is 0 Å². The maximum atomic E-state index is 13.1. The van der Waals surface area contributed by atoms with E-state index in [1.54, 1.807) is 44.3 Å². The van der Waals surface area contributed by atoms with Gasteiger partial charge in [0.05, 0.1) is 40.4 Å². The van der Waals surface area contributed by atoms with Gasteiger partial charge in [0.15, 0.2) is 5.88 Å². The Morgan fingerprint density at radius 2 is 1.86 bits per heavy atom. The number of esters is 1. The maximum absolute atomic E-state index is 13.1. The van der Waals surface area contributed by atoms with Gasteiger partial charge in [0.2, 0.25) is 0 Å². The number of amides is 1. The van der Waals surface area contributed by atoms with Crippen LogP contribution in [0.3, 0.4) is 0 Å². The van der Waals surface area contributed by atoms with Crippen LogP contribution in [0.25, 0.3) is 11.0 Å². The van der Waals surface area contributed by atoms with E-state index in [2.05, 4.69) is 30.0 Å². The molecule has 0 saturated heterocycles. The third kappa shape index (κ3) is 10.6. The number of carbonyl (C=O) groups excluding carboxylic acids is 2. The van der Waals surface area contributed by atoms with Crippen molar-refractivity contribution in [2.24, 2.45) is 4.99 Å². The molecule has 0 fully saturated rings. The third-order valence-electron chi connectivity index (χ3n) is 6.97. The lowest BCUT2D eigenvalue weighted by Gasteiger charge is -2.24. The van der Waals surface area contributed by atoms with Crippen LogP contribution in [0.1, 0.15) is 52.5 Å². The van der Waals surface area contributed by atoms with E-state index in [0.717, 1.165) is 0 Å². The monoisotopic (exact) mass is 709 g/mol. The lowest BCUT2D eigenvalue weighted by Crippen LogP contribution is -2.35. The van der Waals surface area contributed by atoms with Gasteiger partial charge in [-0.2, -0.15) is 0 Å². The third-order valence-corrected chi connectivity index (χ3v) is 8.35. The molecule has 0 radical (unpaired) electrons. The predicted octanol–water partition coefficient (Wildman–Crippen LogP) is 5.61. The van der Waals surface area contributed by atoms with Crippen LogP contribution in [0.15, 0.2) is 64.7 Å². The van der Waals surface area contributed by atoms with Crippen molar-refractivity contribution in [2.45, 2.75) is 57.5 Å². The molecular weight excluding hydrogens is 666 g/mol. The molecule has 1 amide bonds. The number of hydrogen-bond donors (Lipinski definition) is 4. The Kier molecular flexibility index (Phi) is 12.6. The first-order valence-electron chi connectivity index (χ1n) is 16.1. The summed E-state index contributed by atoms with van der Waals surface area (Å²) in [5.41, 5.74) is 0.671. The minimum atomic E-state index is -3.93. The zero-order valence-corrected chi connectivity index (χ0v) is 29.5. The number of H-pyrrole nitrogens is 1. The smallest absolute Gasteiger partial charge is 0.410 e. The highest BCUT2D eigenvalue weighted by Gasteiger charge is 2.20. The van der Waals surface area contributed by atoms with Crippen LogP contribution >= 0.6 is 0 Å². The Balaban J connectivity index is 1.53. The summed E-state index contributed by atoms with van der Waals surface area (Å²) >= 11 is 0. The van der Waals surface area contributed by atoms with Gasteiger partial charge >= 0.3 is 12.1 Å². The predicted molar refractivity (Wildman–Crippen MR) is 190 cm³/mol. The zero-order valence-electron chi connectivity index (χ0n) is 28.7. The summed E-state index contributed by atoms with van der Waals surface area (Å²) in [6, 6.07) is 12.6. The van der Waals surface area contributed by atoms with Gasteiger partial charge < -0.3 is 34.5 Å². The molecule has 2 aromatic carbocycles. The van der Waals surface area contributed by atoms with Gasteiger partial charge in [0.25, 0.3) is 10.0 Å². The van der Waals surface area contributed by atoms with E-state index in [4.69, 9.17) is 14.2 Å². The lowest BCUT2D eigenvalue weighted by molar-refractivity contribution is -0.143. The second kappa shape index (κ2) is 16.8. The van der Waals surface area contributed by atoms with E-state index in [1.165, 1.54) is 35.6 Å². The van der Waals surface area contributed by atoms with Gasteiger partial charge in [-0.1, -0.05) is 18.2 Å². The van der Waals surface area contributed by atoms with Crippen LogP contribution in [-0.4, -0.2) is 90.6 Å². The van der Waals surface area contributed by atoms with Crippen LogP contribution < -0.4 is 14.8 Å². The molecule has 0 aliphatic heterocycles. The molecule has 0 spiro atoms. The molecule has 0 bridgehead atoms. The minimum Gasteiger partial charge on any atom is -0.494 e. The second-order valence-electron chi connectivity index (χ2n) is 12.1.